The molecule has 0 bridgehead atoms. The zero-order valence-electron chi connectivity index (χ0n) is 10.1. The number of nitriles is 1. The van der Waals surface area contributed by atoms with Gasteiger partial charge in [0.2, 0.25) is 5.91 Å². The van der Waals surface area contributed by atoms with E-state index in [9.17, 15) is 4.79 Å². The fraction of sp³-hybridized carbons (Fsp3) is 0.429. The summed E-state index contributed by atoms with van der Waals surface area (Å²) in [5.74, 6) is 0.143. The van der Waals surface area contributed by atoms with Gasteiger partial charge in [-0.15, -0.1) is 0 Å². The third-order valence-corrected chi connectivity index (χ3v) is 3.81. The average molecular weight is 241 g/mol. The molecule has 0 aromatic heterocycles. The molecule has 4 heteroatoms. The second-order valence-electron chi connectivity index (χ2n) is 4.89. The Morgan fingerprint density at radius 3 is 2.78 bits per heavy atom. The van der Waals surface area contributed by atoms with E-state index in [1.807, 2.05) is 12.1 Å². The summed E-state index contributed by atoms with van der Waals surface area (Å²) < 4.78 is 0. The van der Waals surface area contributed by atoms with Crippen LogP contribution in [0, 0.1) is 11.3 Å². The number of amides is 1. The Labute approximate surface area is 106 Å². The Bertz CT molecular complexity index is 503. The third-order valence-electron chi connectivity index (χ3n) is 3.81. The number of hydrogen-bond donors (Lipinski definition) is 1. The maximum absolute atomic E-state index is 11.9. The molecule has 1 N–H and O–H groups in total. The molecule has 2 heterocycles. The van der Waals surface area contributed by atoms with Crippen LogP contribution in [0.1, 0.15) is 36.6 Å². The van der Waals surface area contributed by atoms with E-state index in [2.05, 4.69) is 16.3 Å². The lowest BCUT2D eigenvalue weighted by Crippen LogP contribution is -2.38. The Morgan fingerprint density at radius 2 is 2.06 bits per heavy atom. The van der Waals surface area contributed by atoms with Crippen LogP contribution in [0.15, 0.2) is 24.3 Å². The first-order valence-electron chi connectivity index (χ1n) is 6.36. The summed E-state index contributed by atoms with van der Waals surface area (Å²) in [5, 5.41) is 11.8. The molecule has 0 radical (unpaired) electrons. The lowest BCUT2D eigenvalue weighted by atomic mass is 10.0. The van der Waals surface area contributed by atoms with Gasteiger partial charge in [0.05, 0.1) is 17.7 Å². The van der Waals surface area contributed by atoms with E-state index in [-0.39, 0.29) is 18.1 Å². The highest BCUT2D eigenvalue weighted by Gasteiger charge is 2.41. The van der Waals surface area contributed by atoms with Gasteiger partial charge in [0.1, 0.15) is 6.17 Å². The maximum atomic E-state index is 11.9. The number of fused-ring (bicyclic) bond motifs is 1. The van der Waals surface area contributed by atoms with Crippen molar-refractivity contribution < 1.29 is 4.79 Å². The van der Waals surface area contributed by atoms with Crippen molar-refractivity contribution in [2.45, 2.75) is 31.5 Å². The molecule has 2 unspecified atom stereocenters. The van der Waals surface area contributed by atoms with Crippen molar-refractivity contribution in [2.24, 2.45) is 0 Å². The van der Waals surface area contributed by atoms with E-state index >= 15 is 0 Å². The van der Waals surface area contributed by atoms with Gasteiger partial charge in [-0.05, 0) is 30.5 Å². The highest BCUT2D eigenvalue weighted by molar-refractivity contribution is 5.84. The molecule has 2 aliphatic rings. The second-order valence-corrected chi connectivity index (χ2v) is 4.89. The largest absolute Gasteiger partial charge is 0.335 e. The van der Waals surface area contributed by atoms with Gasteiger partial charge in [-0.25, -0.2) is 0 Å². The summed E-state index contributed by atoms with van der Waals surface area (Å²) in [7, 11) is 0. The van der Waals surface area contributed by atoms with Crippen molar-refractivity contribution in [1.82, 2.24) is 10.2 Å². The average Bonchev–Trinajstić information content (AvgIpc) is 2.77. The third kappa shape index (κ3) is 1.77. The van der Waals surface area contributed by atoms with Crippen LogP contribution < -0.4 is 5.32 Å². The lowest BCUT2D eigenvalue weighted by molar-refractivity contribution is -0.122. The zero-order valence-corrected chi connectivity index (χ0v) is 10.1. The van der Waals surface area contributed by atoms with Crippen molar-refractivity contribution in [2.75, 3.05) is 6.54 Å². The fourth-order valence-electron chi connectivity index (χ4n) is 2.87. The molecule has 92 valence electrons. The Hall–Kier alpha value is -1.86. The first-order valence-corrected chi connectivity index (χ1v) is 6.36. The number of benzene rings is 1. The highest BCUT2D eigenvalue weighted by atomic mass is 16.2. The summed E-state index contributed by atoms with van der Waals surface area (Å²) >= 11 is 0. The van der Waals surface area contributed by atoms with Crippen molar-refractivity contribution >= 4 is 5.91 Å². The molecular weight excluding hydrogens is 226 g/mol. The summed E-state index contributed by atoms with van der Waals surface area (Å²) in [4.78, 5) is 14.2. The smallest absolute Gasteiger partial charge is 0.238 e. The van der Waals surface area contributed by atoms with Crippen LogP contribution in [0.3, 0.4) is 0 Å². The van der Waals surface area contributed by atoms with Crippen LogP contribution in [-0.2, 0) is 4.79 Å². The first kappa shape index (κ1) is 11.2. The zero-order chi connectivity index (χ0) is 12.5. The standard InChI is InChI=1S/C14H15N3O/c15-9-10-4-6-11(7-5-10)13-16-14(18)12-3-1-2-8-17(12)13/h4-7,12-13H,1-3,8H2,(H,16,18). The monoisotopic (exact) mass is 241 g/mol. The van der Waals surface area contributed by atoms with Gasteiger partial charge in [-0.2, -0.15) is 5.26 Å². The molecule has 0 aliphatic carbocycles. The predicted octanol–water partition coefficient (Wildman–Crippen LogP) is 1.54. The minimum atomic E-state index is -0.0180. The molecule has 3 rings (SSSR count). The van der Waals surface area contributed by atoms with E-state index in [0.29, 0.717) is 5.56 Å². The quantitative estimate of drug-likeness (QED) is 0.811. The van der Waals surface area contributed by atoms with Crippen LogP contribution >= 0.6 is 0 Å². The molecule has 0 saturated carbocycles. The highest BCUT2D eigenvalue weighted by Crippen LogP contribution is 2.31. The minimum Gasteiger partial charge on any atom is -0.335 e. The van der Waals surface area contributed by atoms with E-state index in [4.69, 9.17) is 5.26 Å². The number of hydrogen-bond acceptors (Lipinski definition) is 3. The molecule has 18 heavy (non-hydrogen) atoms. The number of piperidine rings is 1. The van der Waals surface area contributed by atoms with E-state index < -0.39 is 0 Å². The minimum absolute atomic E-state index is 0.0180. The Morgan fingerprint density at radius 1 is 1.28 bits per heavy atom. The molecule has 2 aliphatic heterocycles. The second kappa shape index (κ2) is 4.43. The number of nitrogens with zero attached hydrogens (tertiary/aromatic N) is 2. The number of carbonyl (C=O) groups is 1. The van der Waals surface area contributed by atoms with E-state index in [1.165, 1.54) is 0 Å². The first-order chi connectivity index (χ1) is 8.79. The predicted molar refractivity (Wildman–Crippen MR) is 66.4 cm³/mol. The van der Waals surface area contributed by atoms with Gasteiger partial charge in [-0.3, -0.25) is 9.69 Å². The van der Waals surface area contributed by atoms with Gasteiger partial charge in [0.25, 0.3) is 0 Å². The maximum Gasteiger partial charge on any atom is 0.238 e. The Balaban J connectivity index is 1.87. The molecule has 1 amide bonds. The van der Waals surface area contributed by atoms with Crippen LogP contribution in [0.4, 0.5) is 0 Å². The summed E-state index contributed by atoms with van der Waals surface area (Å²) in [6.07, 6.45) is 3.22. The number of nitrogens with one attached hydrogen (secondary N) is 1. The number of rotatable bonds is 1. The Kier molecular flexibility index (Phi) is 2.77. The lowest BCUT2D eigenvalue weighted by Gasteiger charge is -2.31. The summed E-state index contributed by atoms with van der Waals surface area (Å²) in [6, 6.07) is 9.62. The van der Waals surface area contributed by atoms with Crippen LogP contribution in [0.25, 0.3) is 0 Å². The van der Waals surface area contributed by atoms with Gasteiger partial charge in [-0.1, -0.05) is 18.6 Å². The molecule has 1 aromatic carbocycles. The normalized spacial score (nSPS) is 27.4. The molecule has 2 atom stereocenters. The van der Waals surface area contributed by atoms with Crippen molar-refractivity contribution in [3.8, 4) is 6.07 Å². The van der Waals surface area contributed by atoms with Gasteiger partial charge in [0, 0.05) is 6.54 Å². The fourth-order valence-corrected chi connectivity index (χ4v) is 2.87. The topological polar surface area (TPSA) is 56.1 Å². The molecule has 2 fully saturated rings. The molecule has 4 nitrogen and oxygen atoms in total. The van der Waals surface area contributed by atoms with Crippen molar-refractivity contribution in [3.63, 3.8) is 0 Å². The molecule has 1 aromatic rings. The summed E-state index contributed by atoms with van der Waals surface area (Å²) in [5.41, 5.74) is 1.71. The van der Waals surface area contributed by atoms with Crippen LogP contribution in [-0.4, -0.2) is 23.4 Å². The molecular formula is C14H15N3O. The van der Waals surface area contributed by atoms with Gasteiger partial charge < -0.3 is 5.32 Å². The molecule has 0 spiro atoms. The van der Waals surface area contributed by atoms with E-state index in [1.54, 1.807) is 12.1 Å². The van der Waals surface area contributed by atoms with Crippen LogP contribution in [0.5, 0.6) is 0 Å². The van der Waals surface area contributed by atoms with Gasteiger partial charge in [0.15, 0.2) is 0 Å². The van der Waals surface area contributed by atoms with Crippen molar-refractivity contribution in [3.05, 3.63) is 35.4 Å². The SMILES string of the molecule is N#Cc1ccc(C2NC(=O)C3CCCCN32)cc1. The summed E-state index contributed by atoms with van der Waals surface area (Å²) in [6.45, 7) is 0.966. The van der Waals surface area contributed by atoms with E-state index in [0.717, 1.165) is 31.4 Å². The van der Waals surface area contributed by atoms with Crippen LogP contribution in [0.2, 0.25) is 0 Å². The molecule has 2 saturated heterocycles. The van der Waals surface area contributed by atoms with Crippen molar-refractivity contribution in [1.29, 1.82) is 5.26 Å². The number of carbonyl (C=O) groups excluding carboxylic acids is 1. The van der Waals surface area contributed by atoms with Gasteiger partial charge >= 0.3 is 0 Å².